The summed E-state index contributed by atoms with van der Waals surface area (Å²) in [5.74, 6) is -0.947. The summed E-state index contributed by atoms with van der Waals surface area (Å²) in [4.78, 5) is 13.0. The van der Waals surface area contributed by atoms with Gasteiger partial charge in [-0.1, -0.05) is 6.07 Å². The maximum atomic E-state index is 10.9. The minimum absolute atomic E-state index is 0.251. The number of hydrogen-bond donors (Lipinski definition) is 1. The maximum Gasteiger partial charge on any atom is 0.335 e. The number of rotatable bonds is 2. The van der Waals surface area contributed by atoms with E-state index < -0.39 is 5.97 Å². The van der Waals surface area contributed by atoms with Crippen LogP contribution in [-0.4, -0.2) is 24.2 Å². The van der Waals surface area contributed by atoms with Crippen LogP contribution >= 0.6 is 0 Å². The highest BCUT2D eigenvalue weighted by Crippen LogP contribution is 2.31. The summed E-state index contributed by atoms with van der Waals surface area (Å²) < 4.78 is 0. The van der Waals surface area contributed by atoms with Gasteiger partial charge in [-0.3, -0.25) is 0 Å². The molecular weight excluding hydrogens is 216 g/mol. The highest BCUT2D eigenvalue weighted by molar-refractivity contribution is 5.93. The Hall–Kier alpha value is -2.28. The molecule has 0 spiro atoms. The number of allylic oxidation sites excluding steroid dienone is 1. The van der Waals surface area contributed by atoms with Gasteiger partial charge in [-0.25, -0.2) is 4.79 Å². The molecule has 0 aliphatic carbocycles. The number of benzene rings is 1. The van der Waals surface area contributed by atoms with Crippen LogP contribution in [0.15, 0.2) is 24.3 Å². The Morgan fingerprint density at radius 1 is 1.59 bits per heavy atom. The molecule has 2 rings (SSSR count). The van der Waals surface area contributed by atoms with Crippen molar-refractivity contribution >= 4 is 17.2 Å². The molecular formula is C13H12N2O2. The molecule has 17 heavy (non-hydrogen) atoms. The number of nitrogens with zero attached hydrogens (tertiary/aromatic N) is 2. The molecule has 4 nitrogen and oxygen atoms in total. The summed E-state index contributed by atoms with van der Waals surface area (Å²) in [7, 11) is 0. The number of nitriles is 1. The monoisotopic (exact) mass is 228 g/mol. The van der Waals surface area contributed by atoms with E-state index in [1.807, 2.05) is 17.9 Å². The zero-order chi connectivity index (χ0) is 12.4. The summed E-state index contributed by atoms with van der Waals surface area (Å²) in [6.45, 7) is 3.43. The number of aromatic carboxylic acids is 1. The Bertz CT molecular complexity index is 541. The standard InChI is InChI=1S/C13H12N2O2/c1-2-15-6-5-10(8-14)11-4-3-9(13(16)17)7-12(11)15/h3-5,7H,2,6H2,1H3,(H,16,17). The SMILES string of the molecule is CCN1CC=C(C#N)c2ccc(C(=O)O)cc21. The van der Waals surface area contributed by atoms with Crippen molar-refractivity contribution in [3.63, 3.8) is 0 Å². The molecule has 4 heteroatoms. The quantitative estimate of drug-likeness (QED) is 0.842. The minimum Gasteiger partial charge on any atom is -0.478 e. The summed E-state index contributed by atoms with van der Waals surface area (Å²) in [5, 5.41) is 18.0. The molecule has 1 aliphatic rings. The van der Waals surface area contributed by atoms with Crippen molar-refractivity contribution in [1.29, 1.82) is 5.26 Å². The molecule has 1 heterocycles. The van der Waals surface area contributed by atoms with Crippen molar-refractivity contribution in [3.05, 3.63) is 35.4 Å². The molecule has 0 fully saturated rings. The fourth-order valence-corrected chi connectivity index (χ4v) is 1.97. The maximum absolute atomic E-state index is 10.9. The van der Waals surface area contributed by atoms with Crippen molar-refractivity contribution in [1.82, 2.24) is 0 Å². The molecule has 1 aromatic carbocycles. The zero-order valence-electron chi connectivity index (χ0n) is 9.47. The Labute approximate surface area is 99.4 Å². The second-order valence-corrected chi connectivity index (χ2v) is 3.81. The molecule has 0 saturated carbocycles. The molecule has 86 valence electrons. The first-order chi connectivity index (χ1) is 8.17. The van der Waals surface area contributed by atoms with E-state index in [1.165, 1.54) is 6.07 Å². The van der Waals surface area contributed by atoms with Crippen LogP contribution in [0.4, 0.5) is 5.69 Å². The predicted molar refractivity (Wildman–Crippen MR) is 64.9 cm³/mol. The van der Waals surface area contributed by atoms with Gasteiger partial charge in [0.05, 0.1) is 17.2 Å². The molecule has 1 aromatic rings. The second-order valence-electron chi connectivity index (χ2n) is 3.81. The Morgan fingerprint density at radius 3 is 2.94 bits per heavy atom. The number of likely N-dealkylation sites (N-methyl/N-ethyl adjacent to an activating group) is 1. The first-order valence-electron chi connectivity index (χ1n) is 5.40. The van der Waals surface area contributed by atoms with Crippen molar-refractivity contribution in [2.45, 2.75) is 6.92 Å². The smallest absolute Gasteiger partial charge is 0.335 e. The van der Waals surface area contributed by atoms with E-state index in [4.69, 9.17) is 10.4 Å². The van der Waals surface area contributed by atoms with Gasteiger partial charge in [-0.05, 0) is 25.1 Å². The van der Waals surface area contributed by atoms with Crippen LogP contribution in [0.3, 0.4) is 0 Å². The van der Waals surface area contributed by atoms with Crippen molar-refractivity contribution < 1.29 is 9.90 Å². The number of hydrogen-bond acceptors (Lipinski definition) is 3. The van der Waals surface area contributed by atoms with E-state index in [2.05, 4.69) is 6.07 Å². The van der Waals surface area contributed by atoms with E-state index in [0.29, 0.717) is 12.1 Å². The van der Waals surface area contributed by atoms with Crippen LogP contribution < -0.4 is 4.90 Å². The average Bonchev–Trinajstić information content (AvgIpc) is 2.36. The average molecular weight is 228 g/mol. The Kier molecular flexibility index (Phi) is 2.84. The number of carbonyl (C=O) groups is 1. The zero-order valence-corrected chi connectivity index (χ0v) is 9.47. The Morgan fingerprint density at radius 2 is 2.35 bits per heavy atom. The van der Waals surface area contributed by atoms with Crippen molar-refractivity contribution in [2.24, 2.45) is 0 Å². The highest BCUT2D eigenvalue weighted by atomic mass is 16.4. The van der Waals surface area contributed by atoms with Crippen molar-refractivity contribution in [2.75, 3.05) is 18.0 Å². The molecule has 0 unspecified atom stereocenters. The summed E-state index contributed by atoms with van der Waals surface area (Å²) in [6, 6.07) is 7.01. The topological polar surface area (TPSA) is 64.3 Å². The van der Waals surface area contributed by atoms with Crippen LogP contribution in [-0.2, 0) is 0 Å². The lowest BCUT2D eigenvalue weighted by atomic mass is 9.98. The van der Waals surface area contributed by atoms with E-state index in [0.717, 1.165) is 17.8 Å². The summed E-state index contributed by atoms with van der Waals surface area (Å²) in [5.41, 5.74) is 2.50. The van der Waals surface area contributed by atoms with Gasteiger partial charge in [0.2, 0.25) is 0 Å². The van der Waals surface area contributed by atoms with Crippen molar-refractivity contribution in [3.8, 4) is 6.07 Å². The Balaban J connectivity index is 2.57. The van der Waals surface area contributed by atoms with Gasteiger partial charge < -0.3 is 10.0 Å². The lowest BCUT2D eigenvalue weighted by Crippen LogP contribution is -2.26. The van der Waals surface area contributed by atoms with Gasteiger partial charge in [-0.15, -0.1) is 0 Å². The normalized spacial score (nSPS) is 13.6. The lowest BCUT2D eigenvalue weighted by Gasteiger charge is -2.28. The number of anilines is 1. The van der Waals surface area contributed by atoms with Gasteiger partial charge in [0.15, 0.2) is 0 Å². The van der Waals surface area contributed by atoms with Crippen LogP contribution in [0.2, 0.25) is 0 Å². The van der Waals surface area contributed by atoms with Crippen LogP contribution in [0.5, 0.6) is 0 Å². The molecule has 0 amide bonds. The van der Waals surface area contributed by atoms with Gasteiger partial charge in [-0.2, -0.15) is 5.26 Å². The van der Waals surface area contributed by atoms with Gasteiger partial charge in [0, 0.05) is 24.3 Å². The van der Waals surface area contributed by atoms with Gasteiger partial charge >= 0.3 is 5.97 Å². The third-order valence-corrected chi connectivity index (χ3v) is 2.89. The molecule has 0 saturated heterocycles. The van der Waals surface area contributed by atoms with E-state index >= 15 is 0 Å². The molecule has 0 radical (unpaired) electrons. The third-order valence-electron chi connectivity index (χ3n) is 2.89. The largest absolute Gasteiger partial charge is 0.478 e. The van der Waals surface area contributed by atoms with E-state index in [9.17, 15) is 4.79 Å². The van der Waals surface area contributed by atoms with E-state index in [-0.39, 0.29) is 5.56 Å². The molecule has 0 aromatic heterocycles. The predicted octanol–water partition coefficient (Wildman–Crippen LogP) is 2.13. The first kappa shape index (κ1) is 11.2. The fourth-order valence-electron chi connectivity index (χ4n) is 1.97. The molecule has 1 N–H and O–H groups in total. The van der Waals surface area contributed by atoms with Gasteiger partial charge in [0.1, 0.15) is 0 Å². The summed E-state index contributed by atoms with van der Waals surface area (Å²) in [6.07, 6.45) is 1.87. The van der Waals surface area contributed by atoms with Crippen LogP contribution in [0.25, 0.3) is 5.57 Å². The molecule has 0 atom stereocenters. The minimum atomic E-state index is -0.947. The molecule has 1 aliphatic heterocycles. The van der Waals surface area contributed by atoms with Crippen LogP contribution in [0.1, 0.15) is 22.8 Å². The summed E-state index contributed by atoms with van der Waals surface area (Å²) >= 11 is 0. The lowest BCUT2D eigenvalue weighted by molar-refractivity contribution is 0.0697. The highest BCUT2D eigenvalue weighted by Gasteiger charge is 2.19. The number of carboxylic acid groups (broad SMARTS) is 1. The first-order valence-corrected chi connectivity index (χ1v) is 5.40. The third kappa shape index (κ3) is 1.87. The van der Waals surface area contributed by atoms with E-state index in [1.54, 1.807) is 12.1 Å². The number of carboxylic acids is 1. The number of fused-ring (bicyclic) bond motifs is 1. The second kappa shape index (κ2) is 4.30. The molecule has 0 bridgehead atoms. The van der Waals surface area contributed by atoms with Crippen LogP contribution in [0, 0.1) is 11.3 Å². The fraction of sp³-hybridized carbons (Fsp3) is 0.231. The van der Waals surface area contributed by atoms with Gasteiger partial charge in [0.25, 0.3) is 0 Å².